The Labute approximate surface area is 528 Å². The highest BCUT2D eigenvalue weighted by molar-refractivity contribution is 6.30. The molecule has 2 N–H and O–H groups in total. The number of para-hydroxylation sites is 1. The number of halogens is 1. The van der Waals surface area contributed by atoms with Gasteiger partial charge in [0.2, 0.25) is 5.91 Å². The number of rotatable bonds is 13. The molecule has 5 aliphatic heterocycles. The molecule has 7 fully saturated rings. The van der Waals surface area contributed by atoms with E-state index in [4.69, 9.17) is 36.3 Å². The van der Waals surface area contributed by atoms with Gasteiger partial charge in [-0.15, -0.1) is 0 Å². The van der Waals surface area contributed by atoms with Crippen LogP contribution in [0.3, 0.4) is 0 Å². The van der Waals surface area contributed by atoms with E-state index in [1.807, 2.05) is 72.5 Å². The number of primary amides is 1. The van der Waals surface area contributed by atoms with Crippen LogP contribution in [-0.4, -0.2) is 129 Å². The Bertz CT molecular complexity index is 3350. The largest absolute Gasteiger partial charge is 0.496 e. The van der Waals surface area contributed by atoms with E-state index >= 15 is 0 Å². The first kappa shape index (κ1) is 61.6. The maximum atomic E-state index is 12.5. The SMILES string of the molecule is CCOC(=O)N1C2CCC(N3CCC(C#N)(c4ccccc4OC)CC3)CC1CC2.COc1ccc(-c2cccc(C(N)=O)c2)cc1C1CCN([C@@H]2C[C@H]3C=C[C@H]2C3)CC1.COc1ccc(-c2cccc(Cl)c2)cc1C1CCN([C@@H]2C[C@H]3C=C[C@H]2C3)CC1. The van der Waals surface area contributed by atoms with Crippen LogP contribution < -0.4 is 19.9 Å². The number of hydrogen-bond donors (Lipinski definition) is 1. The average molecular weight is 1210 g/mol. The lowest BCUT2D eigenvalue weighted by Crippen LogP contribution is -2.48. The Morgan fingerprint density at radius 2 is 1.08 bits per heavy atom. The zero-order chi connectivity index (χ0) is 60.9. The molecule has 2 saturated carbocycles. The maximum Gasteiger partial charge on any atom is 0.410 e. The van der Waals surface area contributed by atoms with Gasteiger partial charge in [-0.2, -0.15) is 5.26 Å². The number of carbonyl (C=O) groups is 2. The molecule has 4 aliphatic carbocycles. The van der Waals surface area contributed by atoms with E-state index in [1.165, 1.54) is 86.7 Å². The van der Waals surface area contributed by atoms with Crippen LogP contribution in [0, 0.1) is 35.0 Å². The second-order valence-corrected chi connectivity index (χ2v) is 27.0. The summed E-state index contributed by atoms with van der Waals surface area (Å²) < 4.78 is 22.3. The topological polar surface area (TPSA) is 134 Å². The average Bonchev–Trinajstić information content (AvgIpc) is 3.99. The standard InChI is InChI=1S/C26H30N2O2.C25H28ClNO.C24H33N3O3/c1-30-25-8-7-20(19-3-2-4-22(15-19)26(27)29)16-23(25)18-9-11-28(12-10-18)24-14-17-5-6-21(24)13-17;1-28-25-8-7-20(19-3-2-4-22(26)15-19)16-23(25)18-9-11-27(12-10-18)24-14-17-5-6-21(24)13-17;1-3-30-23(28)27-18-8-10-19(16-20(27)11-9-18)26-14-12-24(17-25,13-15-26)21-6-4-5-7-22(21)29-2/h2-8,15-18,21,24H,9-14H2,1H3,(H2,27,29);2-8,15-18,21,24H,9-14H2,1H3;4-7,18-20H,3,8-16H2,1-2H3/t2*17-,21-,24+;/m00./s1. The minimum Gasteiger partial charge on any atom is -0.496 e. The van der Waals surface area contributed by atoms with Gasteiger partial charge in [-0.1, -0.05) is 90.5 Å². The molecule has 2 amide bonds. The first-order valence-corrected chi connectivity index (χ1v) is 33.4. The molecule has 14 rings (SSSR count). The van der Waals surface area contributed by atoms with Crippen LogP contribution in [0.25, 0.3) is 22.3 Å². The quantitative estimate of drug-likeness (QED) is 0.114. The third kappa shape index (κ3) is 13.2. The van der Waals surface area contributed by atoms with Crippen molar-refractivity contribution in [1.29, 1.82) is 5.26 Å². The minimum absolute atomic E-state index is 0.135. The molecular formula is C75H91ClN6O6. The lowest BCUT2D eigenvalue weighted by Gasteiger charge is -2.42. The summed E-state index contributed by atoms with van der Waals surface area (Å²) in [5.41, 5.74) is 13.7. The number of carbonyl (C=O) groups excluding carboxylic acids is 2. The fourth-order valence-electron chi connectivity index (χ4n) is 17.3. The highest BCUT2D eigenvalue weighted by Crippen LogP contribution is 2.48. The number of amides is 2. The smallest absolute Gasteiger partial charge is 0.410 e. The molecule has 5 aromatic carbocycles. The van der Waals surface area contributed by atoms with Crippen LogP contribution in [0.5, 0.6) is 17.2 Å². The lowest BCUT2D eigenvalue weighted by atomic mass is 9.73. The molecule has 0 radical (unpaired) electrons. The fraction of sp³-hybridized carbons (Fsp3) is 0.507. The molecule has 0 spiro atoms. The van der Waals surface area contributed by atoms with Crippen molar-refractivity contribution in [3.05, 3.63) is 161 Å². The van der Waals surface area contributed by atoms with Gasteiger partial charge in [-0.25, -0.2) is 4.79 Å². The summed E-state index contributed by atoms with van der Waals surface area (Å²) in [4.78, 5) is 34.1. The van der Waals surface area contributed by atoms with Gasteiger partial charge in [0, 0.05) is 59.4 Å². The van der Waals surface area contributed by atoms with Crippen LogP contribution >= 0.6 is 11.6 Å². The van der Waals surface area contributed by atoms with Crippen molar-refractivity contribution < 1.29 is 28.5 Å². The van der Waals surface area contributed by atoms with Gasteiger partial charge in [-0.3, -0.25) is 14.6 Å². The van der Waals surface area contributed by atoms with Gasteiger partial charge in [0.25, 0.3) is 0 Å². The van der Waals surface area contributed by atoms with Crippen LogP contribution in [-0.2, 0) is 10.2 Å². The number of benzene rings is 5. The molecule has 12 nitrogen and oxygen atoms in total. The first-order valence-electron chi connectivity index (χ1n) is 33.1. The van der Waals surface area contributed by atoms with Gasteiger partial charge < -0.3 is 34.5 Å². The Balaban J connectivity index is 0.000000129. The Hall–Kier alpha value is -6.62. The highest BCUT2D eigenvalue weighted by atomic mass is 35.5. The first-order chi connectivity index (χ1) is 42.9. The van der Waals surface area contributed by atoms with Gasteiger partial charge in [-0.05, 0) is 253 Å². The highest BCUT2D eigenvalue weighted by Gasteiger charge is 2.46. The third-order valence-electron chi connectivity index (χ3n) is 21.9. The van der Waals surface area contributed by atoms with E-state index in [1.54, 1.807) is 27.4 Å². The Morgan fingerprint density at radius 1 is 0.557 bits per heavy atom. The molecule has 6 bridgehead atoms. The molecule has 0 aromatic heterocycles. The van der Waals surface area contributed by atoms with Crippen molar-refractivity contribution >= 4 is 23.6 Å². The van der Waals surface area contributed by atoms with E-state index in [-0.39, 0.29) is 6.09 Å². The summed E-state index contributed by atoms with van der Waals surface area (Å²) >= 11 is 6.21. The molecule has 13 heteroatoms. The normalized spacial score (nSPS) is 27.4. The summed E-state index contributed by atoms with van der Waals surface area (Å²) in [6.07, 6.45) is 26.9. The van der Waals surface area contributed by atoms with E-state index in [0.717, 1.165) is 146 Å². The molecular weight excluding hydrogens is 1120 g/mol. The molecule has 9 atom stereocenters. The summed E-state index contributed by atoms with van der Waals surface area (Å²) in [5, 5.41) is 10.9. The summed E-state index contributed by atoms with van der Waals surface area (Å²) in [6.45, 7) is 8.86. The lowest BCUT2D eigenvalue weighted by molar-refractivity contribution is 0.0829. The summed E-state index contributed by atoms with van der Waals surface area (Å²) in [5.74, 6) is 6.73. The summed E-state index contributed by atoms with van der Waals surface area (Å²) in [7, 11) is 5.21. The van der Waals surface area contributed by atoms with E-state index in [0.29, 0.717) is 42.1 Å². The number of hydrogen-bond acceptors (Lipinski definition) is 10. The van der Waals surface area contributed by atoms with E-state index in [9.17, 15) is 14.9 Å². The number of ether oxygens (including phenoxy) is 4. The zero-order valence-corrected chi connectivity index (χ0v) is 53.0. The number of piperidine rings is 3. The van der Waals surface area contributed by atoms with Crippen molar-refractivity contribution in [2.24, 2.45) is 29.4 Å². The molecule has 5 saturated heterocycles. The Kier molecular flexibility index (Phi) is 19.3. The molecule has 5 aromatic rings. The predicted octanol–water partition coefficient (Wildman–Crippen LogP) is 14.9. The molecule has 3 unspecified atom stereocenters. The van der Waals surface area contributed by atoms with Crippen molar-refractivity contribution in [1.82, 2.24) is 19.6 Å². The van der Waals surface area contributed by atoms with Crippen LogP contribution in [0.2, 0.25) is 5.02 Å². The number of methoxy groups -OCH3 is 3. The van der Waals surface area contributed by atoms with Crippen molar-refractivity contribution in [2.45, 2.75) is 151 Å². The monoisotopic (exact) mass is 1210 g/mol. The number of allylic oxidation sites excluding steroid dienone is 2. The molecule has 5 heterocycles. The fourth-order valence-corrected chi connectivity index (χ4v) is 17.5. The van der Waals surface area contributed by atoms with Gasteiger partial charge in [0.15, 0.2) is 0 Å². The number of likely N-dealkylation sites (tertiary alicyclic amines) is 3. The second-order valence-electron chi connectivity index (χ2n) is 26.6. The zero-order valence-electron chi connectivity index (χ0n) is 52.2. The molecule has 464 valence electrons. The third-order valence-corrected chi connectivity index (χ3v) is 22.2. The predicted molar refractivity (Wildman–Crippen MR) is 350 cm³/mol. The van der Waals surface area contributed by atoms with Crippen molar-refractivity contribution in [3.8, 4) is 45.6 Å². The van der Waals surface area contributed by atoms with Crippen molar-refractivity contribution in [3.63, 3.8) is 0 Å². The van der Waals surface area contributed by atoms with Crippen LogP contribution in [0.1, 0.15) is 142 Å². The van der Waals surface area contributed by atoms with Gasteiger partial charge >= 0.3 is 6.09 Å². The van der Waals surface area contributed by atoms with E-state index in [2.05, 4.69) is 87.5 Å². The summed E-state index contributed by atoms with van der Waals surface area (Å²) in [6, 6.07) is 41.9. The number of nitrogens with zero attached hydrogens (tertiary/aromatic N) is 5. The Morgan fingerprint density at radius 3 is 1.58 bits per heavy atom. The second kappa shape index (κ2) is 27.6. The number of fused-ring (bicyclic) bond motifs is 6. The van der Waals surface area contributed by atoms with Gasteiger partial charge in [0.05, 0.1) is 39.4 Å². The van der Waals surface area contributed by atoms with Crippen LogP contribution in [0.4, 0.5) is 4.79 Å². The molecule has 88 heavy (non-hydrogen) atoms. The number of nitrogens with two attached hydrogens (primary N) is 1. The minimum atomic E-state index is -0.482. The molecule has 9 aliphatic rings. The van der Waals surface area contributed by atoms with E-state index < -0.39 is 11.3 Å². The maximum absolute atomic E-state index is 12.5. The van der Waals surface area contributed by atoms with Crippen LogP contribution in [0.15, 0.2) is 133 Å². The van der Waals surface area contributed by atoms with Crippen molar-refractivity contribution in [2.75, 3.05) is 67.2 Å². The number of nitriles is 1. The van der Waals surface area contributed by atoms with Gasteiger partial charge in [0.1, 0.15) is 17.2 Å².